The first-order valence-corrected chi connectivity index (χ1v) is 10.4. The van der Waals surface area contributed by atoms with Gasteiger partial charge in [-0.25, -0.2) is 0 Å². The first-order chi connectivity index (χ1) is 13.7. The highest BCUT2D eigenvalue weighted by Gasteiger charge is 2.43. The normalized spacial score (nSPS) is 15.9. The molecular formula is C26H28O2. The minimum absolute atomic E-state index is 0.289. The Morgan fingerprint density at radius 3 is 1.43 bits per heavy atom. The highest BCUT2D eigenvalue weighted by Crippen LogP contribution is 2.50. The van der Waals surface area contributed by atoms with E-state index in [1.54, 1.807) is 24.3 Å². The van der Waals surface area contributed by atoms with Crippen LogP contribution in [0.25, 0.3) is 0 Å². The highest BCUT2D eigenvalue weighted by molar-refractivity contribution is 5.53. The van der Waals surface area contributed by atoms with Crippen LogP contribution in [0.4, 0.5) is 0 Å². The van der Waals surface area contributed by atoms with E-state index in [-0.39, 0.29) is 16.9 Å². The average Bonchev–Trinajstić information content (AvgIpc) is 3.02. The molecule has 3 aromatic rings. The smallest absolute Gasteiger partial charge is 0.115 e. The van der Waals surface area contributed by atoms with Crippen molar-refractivity contribution in [3.8, 4) is 11.5 Å². The molecule has 2 nitrogen and oxygen atoms in total. The average molecular weight is 373 g/mol. The van der Waals surface area contributed by atoms with E-state index in [0.717, 1.165) is 0 Å². The number of aromatic hydroxyl groups is 2. The lowest BCUT2D eigenvalue weighted by Gasteiger charge is -2.43. The van der Waals surface area contributed by atoms with E-state index in [2.05, 4.69) is 54.6 Å². The molecule has 0 amide bonds. The lowest BCUT2D eigenvalue weighted by Crippen LogP contribution is -2.38. The quantitative estimate of drug-likeness (QED) is 0.411. The zero-order chi connectivity index (χ0) is 19.4. The largest absolute Gasteiger partial charge is 0.508 e. The van der Waals surface area contributed by atoms with Crippen LogP contribution < -0.4 is 0 Å². The van der Waals surface area contributed by atoms with Crippen molar-refractivity contribution in [2.75, 3.05) is 0 Å². The number of phenolic OH excluding ortho intramolecular Hbond substituents is 2. The summed E-state index contributed by atoms with van der Waals surface area (Å²) in [6.45, 7) is 0. The molecule has 0 unspecified atom stereocenters. The van der Waals surface area contributed by atoms with Crippen LogP contribution in [0.5, 0.6) is 11.5 Å². The van der Waals surface area contributed by atoms with Crippen molar-refractivity contribution < 1.29 is 10.2 Å². The Morgan fingerprint density at radius 2 is 0.964 bits per heavy atom. The SMILES string of the molecule is Oc1ccc(C(c2ccccc2)(c2ccc(O)cc2)C2CCCCCC2)cc1. The van der Waals surface area contributed by atoms with Crippen LogP contribution in [-0.4, -0.2) is 10.2 Å². The molecule has 0 spiro atoms. The molecule has 0 atom stereocenters. The van der Waals surface area contributed by atoms with Gasteiger partial charge in [0.2, 0.25) is 0 Å². The second kappa shape index (κ2) is 8.10. The first kappa shape index (κ1) is 18.6. The van der Waals surface area contributed by atoms with Gasteiger partial charge in [-0.15, -0.1) is 0 Å². The van der Waals surface area contributed by atoms with Crippen molar-refractivity contribution in [1.29, 1.82) is 0 Å². The summed E-state index contributed by atoms with van der Waals surface area (Å²) < 4.78 is 0. The van der Waals surface area contributed by atoms with Crippen LogP contribution in [0.2, 0.25) is 0 Å². The van der Waals surface area contributed by atoms with Gasteiger partial charge in [-0.05, 0) is 59.7 Å². The van der Waals surface area contributed by atoms with Crippen molar-refractivity contribution in [3.63, 3.8) is 0 Å². The summed E-state index contributed by atoms with van der Waals surface area (Å²) in [6, 6.07) is 26.2. The van der Waals surface area contributed by atoms with Gasteiger partial charge in [-0.1, -0.05) is 80.3 Å². The topological polar surface area (TPSA) is 40.5 Å². The maximum absolute atomic E-state index is 9.92. The number of phenols is 2. The van der Waals surface area contributed by atoms with Gasteiger partial charge >= 0.3 is 0 Å². The number of hydrogen-bond donors (Lipinski definition) is 2. The second-order valence-corrected chi connectivity index (χ2v) is 7.96. The lowest BCUT2D eigenvalue weighted by molar-refractivity contribution is 0.330. The van der Waals surface area contributed by atoms with E-state index in [1.165, 1.54) is 55.2 Å². The van der Waals surface area contributed by atoms with Crippen molar-refractivity contribution in [2.45, 2.75) is 43.9 Å². The molecule has 3 aromatic carbocycles. The monoisotopic (exact) mass is 372 g/mol. The fourth-order valence-electron chi connectivity index (χ4n) is 5.07. The van der Waals surface area contributed by atoms with E-state index in [4.69, 9.17) is 0 Å². The van der Waals surface area contributed by atoms with Gasteiger partial charge in [0.1, 0.15) is 11.5 Å². The van der Waals surface area contributed by atoms with Gasteiger partial charge in [0.15, 0.2) is 0 Å². The minimum Gasteiger partial charge on any atom is -0.508 e. The summed E-state index contributed by atoms with van der Waals surface area (Å²) in [5.41, 5.74) is 3.38. The van der Waals surface area contributed by atoms with Gasteiger partial charge in [-0.2, -0.15) is 0 Å². The molecule has 144 valence electrons. The lowest BCUT2D eigenvalue weighted by atomic mass is 9.60. The molecule has 0 bridgehead atoms. The molecule has 0 aromatic heterocycles. The maximum Gasteiger partial charge on any atom is 0.115 e. The van der Waals surface area contributed by atoms with Gasteiger partial charge in [0.05, 0.1) is 0 Å². The van der Waals surface area contributed by atoms with Gasteiger partial charge in [0.25, 0.3) is 0 Å². The number of benzene rings is 3. The Labute approximate surface area is 167 Å². The summed E-state index contributed by atoms with van der Waals surface area (Å²) in [5, 5.41) is 19.8. The van der Waals surface area contributed by atoms with Crippen molar-refractivity contribution in [1.82, 2.24) is 0 Å². The molecule has 0 aliphatic heterocycles. The number of hydrogen-bond acceptors (Lipinski definition) is 2. The predicted molar refractivity (Wildman–Crippen MR) is 114 cm³/mol. The van der Waals surface area contributed by atoms with E-state index < -0.39 is 0 Å². The molecule has 4 rings (SSSR count). The Hall–Kier alpha value is -2.74. The predicted octanol–water partition coefficient (Wildman–Crippen LogP) is 6.40. The van der Waals surface area contributed by atoms with Gasteiger partial charge in [0, 0.05) is 5.41 Å². The molecule has 0 saturated heterocycles. The van der Waals surface area contributed by atoms with Crippen LogP contribution in [0.1, 0.15) is 55.2 Å². The Bertz CT molecular complexity index is 828. The highest BCUT2D eigenvalue weighted by atomic mass is 16.3. The second-order valence-electron chi connectivity index (χ2n) is 7.96. The fourth-order valence-corrected chi connectivity index (χ4v) is 5.07. The van der Waals surface area contributed by atoms with E-state index in [1.807, 2.05) is 0 Å². The molecule has 28 heavy (non-hydrogen) atoms. The summed E-state index contributed by atoms with van der Waals surface area (Å²) in [4.78, 5) is 0. The van der Waals surface area contributed by atoms with Crippen molar-refractivity contribution >= 4 is 0 Å². The zero-order valence-corrected chi connectivity index (χ0v) is 16.2. The zero-order valence-electron chi connectivity index (χ0n) is 16.2. The molecule has 2 N–H and O–H groups in total. The first-order valence-electron chi connectivity index (χ1n) is 10.4. The van der Waals surface area contributed by atoms with Crippen LogP contribution in [-0.2, 0) is 5.41 Å². The van der Waals surface area contributed by atoms with Crippen LogP contribution in [0.15, 0.2) is 78.9 Å². The summed E-state index contributed by atoms with van der Waals surface area (Å²) in [6.07, 6.45) is 7.44. The van der Waals surface area contributed by atoms with E-state index in [9.17, 15) is 10.2 Å². The molecule has 0 heterocycles. The molecule has 1 aliphatic rings. The third kappa shape index (κ3) is 3.40. The minimum atomic E-state index is -0.299. The molecule has 1 fully saturated rings. The van der Waals surface area contributed by atoms with Gasteiger partial charge in [-0.3, -0.25) is 0 Å². The maximum atomic E-state index is 9.92. The summed E-state index contributed by atoms with van der Waals surface area (Å²) >= 11 is 0. The summed E-state index contributed by atoms with van der Waals surface area (Å²) in [7, 11) is 0. The molecule has 1 saturated carbocycles. The molecule has 2 heteroatoms. The van der Waals surface area contributed by atoms with Crippen molar-refractivity contribution in [2.24, 2.45) is 5.92 Å². The van der Waals surface area contributed by atoms with Crippen LogP contribution in [0, 0.1) is 5.92 Å². The Balaban J connectivity index is 2.00. The fraction of sp³-hybridized carbons (Fsp3) is 0.308. The van der Waals surface area contributed by atoms with E-state index >= 15 is 0 Å². The Morgan fingerprint density at radius 1 is 0.536 bits per heavy atom. The standard InChI is InChI=1S/C26H28O2/c27-24-16-12-22(13-17-24)26(21-10-6-3-7-11-21,20-8-4-1-2-5-9-20)23-14-18-25(28)19-15-23/h3,6-7,10-20,27-28H,1-2,4-5,8-9H2. The third-order valence-electron chi connectivity index (χ3n) is 6.34. The molecular weight excluding hydrogens is 344 g/mol. The van der Waals surface area contributed by atoms with Gasteiger partial charge < -0.3 is 10.2 Å². The van der Waals surface area contributed by atoms with Crippen LogP contribution in [0.3, 0.4) is 0 Å². The van der Waals surface area contributed by atoms with E-state index in [0.29, 0.717) is 5.92 Å². The Kier molecular flexibility index (Phi) is 5.38. The number of rotatable bonds is 4. The molecule has 0 radical (unpaired) electrons. The van der Waals surface area contributed by atoms with Crippen molar-refractivity contribution in [3.05, 3.63) is 95.6 Å². The van der Waals surface area contributed by atoms with Crippen LogP contribution >= 0.6 is 0 Å². The summed E-state index contributed by atoms with van der Waals surface area (Å²) in [5.74, 6) is 1.04. The molecule has 1 aliphatic carbocycles. The third-order valence-corrected chi connectivity index (χ3v) is 6.34.